The van der Waals surface area contributed by atoms with Gasteiger partial charge in [-0.2, -0.15) is 0 Å². The van der Waals surface area contributed by atoms with Crippen LogP contribution in [-0.2, 0) is 22.7 Å². The van der Waals surface area contributed by atoms with Gasteiger partial charge in [-0.1, -0.05) is 177 Å². The van der Waals surface area contributed by atoms with E-state index in [-0.39, 0.29) is 46.0 Å². The Labute approximate surface area is 402 Å². The molecule has 0 N–H and O–H groups in total. The minimum Gasteiger partial charge on any atom is -0.458 e. The number of hydrogen-bond acceptors (Lipinski definition) is 2. The van der Waals surface area contributed by atoms with Crippen LogP contribution in [0.3, 0.4) is 0 Å². The van der Waals surface area contributed by atoms with Crippen molar-refractivity contribution in [3.05, 3.63) is 223 Å². The van der Waals surface area contributed by atoms with Crippen molar-refractivity contribution in [2.24, 2.45) is 0 Å². The Balaban J connectivity index is 1.04. The number of benzene rings is 7. The summed E-state index contributed by atoms with van der Waals surface area (Å²) in [5, 5.41) is 2.22. The highest BCUT2D eigenvalue weighted by Gasteiger charge is 2.25. The van der Waals surface area contributed by atoms with Crippen LogP contribution < -0.4 is 9.30 Å². The third-order valence-electron chi connectivity index (χ3n) is 12.8. The molecule has 0 aliphatic carbocycles. The Bertz CT molecular complexity index is 3650. The number of fused-ring (bicyclic) bond motifs is 3. The Hall–Kier alpha value is -7.50. The smallest absolute Gasteiger partial charge is 0.268 e. The Morgan fingerprint density at radius 1 is 0.597 bits per heavy atom. The molecule has 0 saturated carbocycles. The number of rotatable bonds is 10. The highest BCUT2D eigenvalue weighted by atomic mass is 16.5. The zero-order chi connectivity index (χ0) is 50.9. The van der Waals surface area contributed by atoms with Gasteiger partial charge in [0.25, 0.3) is 6.33 Å². The van der Waals surface area contributed by atoms with Crippen molar-refractivity contribution in [2.75, 3.05) is 0 Å². The third-order valence-corrected chi connectivity index (χ3v) is 12.8. The molecule has 0 unspecified atom stereocenters. The number of hydrogen-bond donors (Lipinski definition) is 0. The maximum Gasteiger partial charge on any atom is 0.268 e. The van der Waals surface area contributed by atoms with Crippen LogP contribution >= 0.6 is 0 Å². The van der Waals surface area contributed by atoms with Crippen LogP contribution in [-0.4, -0.2) is 14.1 Å². The molecule has 0 saturated heterocycles. The maximum absolute atomic E-state index is 9.07. The minimum atomic E-state index is -0.435. The molecule has 0 aliphatic rings. The number of ether oxygens (including phenoxy) is 1. The predicted octanol–water partition coefficient (Wildman–Crippen LogP) is 15.3. The van der Waals surface area contributed by atoms with Gasteiger partial charge in [0.15, 0.2) is 0 Å². The fourth-order valence-electron chi connectivity index (χ4n) is 9.14. The van der Waals surface area contributed by atoms with Crippen molar-refractivity contribution in [1.82, 2.24) is 14.1 Å². The van der Waals surface area contributed by atoms with Crippen LogP contribution in [0.1, 0.15) is 84.5 Å². The van der Waals surface area contributed by atoms with Gasteiger partial charge in [0.05, 0.1) is 29.3 Å². The summed E-state index contributed by atoms with van der Waals surface area (Å²) < 4.78 is 56.4. The first-order valence-corrected chi connectivity index (χ1v) is 23.0. The molecule has 0 spiro atoms. The van der Waals surface area contributed by atoms with Crippen molar-refractivity contribution in [2.45, 2.75) is 78.1 Å². The summed E-state index contributed by atoms with van der Waals surface area (Å²) >= 11 is 0. The summed E-state index contributed by atoms with van der Waals surface area (Å²) in [5.74, 6) is 2.13. The van der Waals surface area contributed by atoms with E-state index in [0.29, 0.717) is 22.7 Å². The van der Waals surface area contributed by atoms with Gasteiger partial charge in [-0.05, 0) is 116 Å². The van der Waals surface area contributed by atoms with Gasteiger partial charge in [-0.25, -0.2) is 4.98 Å². The molecule has 0 atom stereocenters. The second-order valence-electron chi connectivity index (χ2n) is 20.2. The monoisotopic (exact) mass is 879 g/mol. The van der Waals surface area contributed by atoms with Crippen molar-refractivity contribution in [3.63, 3.8) is 0 Å². The Morgan fingerprint density at radius 2 is 1.27 bits per heavy atom. The van der Waals surface area contributed by atoms with Gasteiger partial charge in [0.2, 0.25) is 0 Å². The van der Waals surface area contributed by atoms with Crippen LogP contribution in [0.5, 0.6) is 11.5 Å². The van der Waals surface area contributed by atoms with Crippen LogP contribution in [0.15, 0.2) is 194 Å². The van der Waals surface area contributed by atoms with E-state index in [1.54, 1.807) is 0 Å². The van der Waals surface area contributed by atoms with E-state index in [9.17, 15) is 0 Å². The number of pyridine rings is 1. The SMILES string of the molecule is [2H]c1c([2H])c([2H])c(-c2cccc(-c3cc(C(C)(C)C)cc(C(C)(C)C)c3)c2-[n+]2[c-]n(-c3cccc(Oc4ccc5c6ccccc6n(-c6cc(CC(C)(C)c7ccccc7)ccn6)c5c4)c3)cc2)c([2H])c1[2H]. The molecule has 5 nitrogen and oxygen atoms in total. The van der Waals surface area contributed by atoms with E-state index in [1.165, 1.54) is 11.1 Å². The summed E-state index contributed by atoms with van der Waals surface area (Å²) in [7, 11) is 0. The fourth-order valence-corrected chi connectivity index (χ4v) is 9.14. The third kappa shape index (κ3) is 8.70. The zero-order valence-corrected chi connectivity index (χ0v) is 39.5. The van der Waals surface area contributed by atoms with E-state index in [4.69, 9.17) is 16.6 Å². The molecule has 0 bridgehead atoms. The molecule has 3 heterocycles. The van der Waals surface area contributed by atoms with E-state index >= 15 is 0 Å². The predicted molar refractivity (Wildman–Crippen MR) is 276 cm³/mol. The Morgan fingerprint density at radius 3 is 2.01 bits per heavy atom. The normalized spacial score (nSPS) is 13.3. The molecule has 332 valence electrons. The number of para-hydroxylation sites is 2. The Kier molecular flexibility index (Phi) is 9.59. The first kappa shape index (κ1) is 37.7. The lowest BCUT2D eigenvalue weighted by Crippen LogP contribution is -2.30. The summed E-state index contributed by atoms with van der Waals surface area (Å²) in [6, 6.07) is 48.1. The topological polar surface area (TPSA) is 35.9 Å². The maximum atomic E-state index is 9.07. The molecule has 0 aliphatic heterocycles. The quantitative estimate of drug-likeness (QED) is 0.101. The molecule has 0 fully saturated rings. The summed E-state index contributed by atoms with van der Waals surface area (Å²) in [5.41, 5.74) is 10.3. The highest BCUT2D eigenvalue weighted by Crippen LogP contribution is 2.39. The van der Waals surface area contributed by atoms with E-state index in [0.717, 1.165) is 62.0 Å². The largest absolute Gasteiger partial charge is 0.458 e. The van der Waals surface area contributed by atoms with Crippen LogP contribution in [0.4, 0.5) is 0 Å². The molecule has 67 heavy (non-hydrogen) atoms. The van der Waals surface area contributed by atoms with Gasteiger partial charge < -0.3 is 4.74 Å². The number of aromatic nitrogens is 4. The average Bonchev–Trinajstić information content (AvgIpc) is 3.98. The molecular formula is C62H58N4O. The highest BCUT2D eigenvalue weighted by molar-refractivity contribution is 6.09. The lowest BCUT2D eigenvalue weighted by molar-refractivity contribution is -0.598. The van der Waals surface area contributed by atoms with Crippen LogP contribution in [0.2, 0.25) is 0 Å². The van der Waals surface area contributed by atoms with Crippen molar-refractivity contribution in [1.29, 1.82) is 0 Å². The molecule has 3 aromatic heterocycles. The first-order valence-electron chi connectivity index (χ1n) is 25.5. The second-order valence-corrected chi connectivity index (χ2v) is 20.2. The molecule has 0 amide bonds. The standard InChI is InChI=1S/C62H58N4O/c1-60(2,3)47-36-45(37-48(38-47)61(4,5)6)53-27-18-26-52(44-19-11-9-12-20-44)59(53)65-34-33-64(42-65)49-23-17-24-50(39-49)67-51-29-30-55-54-25-15-16-28-56(54)66(57(55)40-51)58-35-43(31-32-63-58)41-62(7,8)46-21-13-10-14-22-46/h9-40H,41H2,1-8H3/i9D,11D,12D,19D,20D. The molecule has 5 heteroatoms. The van der Waals surface area contributed by atoms with Gasteiger partial charge in [0.1, 0.15) is 17.3 Å². The number of imidazole rings is 1. The lowest BCUT2D eigenvalue weighted by atomic mass is 9.78. The summed E-state index contributed by atoms with van der Waals surface area (Å²) in [6.07, 6.45) is 10.1. The minimum absolute atomic E-state index is 0.0778. The van der Waals surface area contributed by atoms with Gasteiger partial charge >= 0.3 is 0 Å². The fraction of sp³-hybridized carbons (Fsp3) is 0.194. The van der Waals surface area contributed by atoms with Crippen molar-refractivity contribution < 1.29 is 16.2 Å². The molecule has 10 rings (SSSR count). The second kappa shape index (κ2) is 17.1. The number of nitrogens with zero attached hydrogens (tertiary/aromatic N) is 4. The molecule has 0 radical (unpaired) electrons. The van der Waals surface area contributed by atoms with E-state index in [2.05, 4.69) is 163 Å². The van der Waals surface area contributed by atoms with Crippen LogP contribution in [0, 0.1) is 6.33 Å². The lowest BCUT2D eigenvalue weighted by Gasteiger charge is -2.27. The molecular weight excluding hydrogens is 817 g/mol. The molecule has 7 aromatic carbocycles. The van der Waals surface area contributed by atoms with Crippen molar-refractivity contribution in [3.8, 4) is 50.9 Å². The van der Waals surface area contributed by atoms with Crippen molar-refractivity contribution >= 4 is 21.8 Å². The van der Waals surface area contributed by atoms with E-state index in [1.807, 2.05) is 76.3 Å². The van der Waals surface area contributed by atoms with E-state index < -0.39 is 6.04 Å². The molecule has 10 aromatic rings. The van der Waals surface area contributed by atoms with Gasteiger partial charge in [0, 0.05) is 35.4 Å². The first-order chi connectivity index (χ1) is 34.3. The summed E-state index contributed by atoms with van der Waals surface area (Å²) in [6.45, 7) is 17.8. The van der Waals surface area contributed by atoms with Crippen LogP contribution in [0.25, 0.3) is 61.3 Å². The van der Waals surface area contributed by atoms with Gasteiger partial charge in [-0.15, -0.1) is 0 Å². The average molecular weight is 880 g/mol. The zero-order valence-electron chi connectivity index (χ0n) is 44.5. The van der Waals surface area contributed by atoms with Gasteiger partial charge in [-0.3, -0.25) is 13.7 Å². The summed E-state index contributed by atoms with van der Waals surface area (Å²) in [4.78, 5) is 4.93.